The second kappa shape index (κ2) is 8.88. The van der Waals surface area contributed by atoms with Crippen LogP contribution in [0.15, 0.2) is 83.9 Å². The van der Waals surface area contributed by atoms with E-state index in [4.69, 9.17) is 0 Å². The van der Waals surface area contributed by atoms with E-state index in [1.807, 2.05) is 45.9 Å². The summed E-state index contributed by atoms with van der Waals surface area (Å²) in [6, 6.07) is 1.45. The molecule has 0 amide bonds. The molecular formula is C22H27NO2. The molecule has 0 aliphatic heterocycles. The second-order valence-electron chi connectivity index (χ2n) is 6.07. The summed E-state index contributed by atoms with van der Waals surface area (Å²) in [5.41, 5.74) is 3.89. The van der Waals surface area contributed by atoms with Gasteiger partial charge in [-0.3, -0.25) is 4.79 Å². The van der Waals surface area contributed by atoms with Crippen LogP contribution in [0, 0.1) is 0 Å². The summed E-state index contributed by atoms with van der Waals surface area (Å²) in [5.74, 6) is -0.200. The summed E-state index contributed by atoms with van der Waals surface area (Å²) in [6.07, 6.45) is 10.8. The van der Waals surface area contributed by atoms with Crippen LogP contribution in [0.5, 0.6) is 5.75 Å². The van der Waals surface area contributed by atoms with Gasteiger partial charge in [0.25, 0.3) is 0 Å². The minimum Gasteiger partial charge on any atom is -0.503 e. The third kappa shape index (κ3) is 4.83. The maximum absolute atomic E-state index is 11.8. The Morgan fingerprint density at radius 2 is 1.92 bits per heavy atom. The van der Waals surface area contributed by atoms with Crippen molar-refractivity contribution >= 4 is 5.70 Å². The normalized spacial score (nSPS) is 13.1. The van der Waals surface area contributed by atoms with Crippen LogP contribution in [0.2, 0.25) is 0 Å². The van der Waals surface area contributed by atoms with Gasteiger partial charge in [-0.05, 0) is 42.6 Å². The zero-order valence-corrected chi connectivity index (χ0v) is 15.5. The Kier molecular flexibility index (Phi) is 7.19. The van der Waals surface area contributed by atoms with Crippen molar-refractivity contribution in [2.45, 2.75) is 33.6 Å². The fourth-order valence-corrected chi connectivity index (χ4v) is 2.57. The van der Waals surface area contributed by atoms with E-state index >= 15 is 0 Å². The molecule has 1 heterocycles. The molecular weight excluding hydrogens is 310 g/mol. The topological polar surface area (TPSA) is 42.2 Å². The number of rotatable bonds is 7. The van der Waals surface area contributed by atoms with Gasteiger partial charge in [-0.2, -0.15) is 0 Å². The highest BCUT2D eigenvalue weighted by Crippen LogP contribution is 2.24. The lowest BCUT2D eigenvalue weighted by Crippen LogP contribution is -2.12. The number of hydrogen-bond acceptors (Lipinski definition) is 2. The van der Waals surface area contributed by atoms with Crippen molar-refractivity contribution in [3.63, 3.8) is 0 Å². The molecule has 0 aliphatic rings. The minimum absolute atomic E-state index is 0.102. The van der Waals surface area contributed by atoms with Crippen LogP contribution >= 0.6 is 0 Å². The van der Waals surface area contributed by atoms with Crippen molar-refractivity contribution in [3.8, 4) is 5.75 Å². The van der Waals surface area contributed by atoms with Crippen molar-refractivity contribution in [1.82, 2.24) is 4.57 Å². The molecule has 0 aromatic carbocycles. The Bertz CT molecular complexity index is 830. The first-order valence-electron chi connectivity index (χ1n) is 8.22. The van der Waals surface area contributed by atoms with Gasteiger partial charge in [0.05, 0.1) is 6.20 Å². The molecule has 0 radical (unpaired) electrons. The van der Waals surface area contributed by atoms with Crippen molar-refractivity contribution in [3.05, 3.63) is 95.0 Å². The van der Waals surface area contributed by atoms with Crippen LogP contribution in [-0.2, 0) is 0 Å². The zero-order valence-electron chi connectivity index (χ0n) is 15.5. The molecule has 132 valence electrons. The van der Waals surface area contributed by atoms with Gasteiger partial charge in [-0.25, -0.2) is 0 Å². The Labute approximate surface area is 150 Å². The van der Waals surface area contributed by atoms with E-state index in [9.17, 15) is 9.90 Å². The highest BCUT2D eigenvalue weighted by Gasteiger charge is 2.11. The van der Waals surface area contributed by atoms with Crippen LogP contribution in [0.3, 0.4) is 0 Å². The second-order valence-corrected chi connectivity index (χ2v) is 6.07. The number of aromatic nitrogens is 1. The summed E-state index contributed by atoms with van der Waals surface area (Å²) in [6.45, 7) is 19.8. The summed E-state index contributed by atoms with van der Waals surface area (Å²) < 4.78 is 1.73. The van der Waals surface area contributed by atoms with E-state index in [0.717, 1.165) is 22.4 Å². The first kappa shape index (κ1) is 20.2. The molecule has 0 bridgehead atoms. The summed E-state index contributed by atoms with van der Waals surface area (Å²) in [5, 5.41) is 9.81. The quantitative estimate of drug-likeness (QED) is 0.682. The molecule has 0 fully saturated rings. The lowest BCUT2D eigenvalue weighted by molar-refractivity contribution is 0.464. The average Bonchev–Trinajstić information content (AvgIpc) is 2.56. The van der Waals surface area contributed by atoms with Crippen LogP contribution in [0.1, 0.15) is 39.3 Å². The molecule has 1 N–H and O–H groups in total. The van der Waals surface area contributed by atoms with Gasteiger partial charge >= 0.3 is 0 Å². The first-order chi connectivity index (χ1) is 11.8. The van der Waals surface area contributed by atoms with E-state index in [2.05, 4.69) is 19.7 Å². The molecule has 1 aromatic rings. The molecule has 3 heteroatoms. The fourth-order valence-electron chi connectivity index (χ4n) is 2.57. The highest BCUT2D eigenvalue weighted by molar-refractivity contribution is 5.64. The summed E-state index contributed by atoms with van der Waals surface area (Å²) >= 11 is 0. The fraction of sp³-hybridized carbons (Fsp3) is 0.227. The third-order valence-corrected chi connectivity index (χ3v) is 3.86. The lowest BCUT2D eigenvalue weighted by atomic mass is 9.99. The first-order valence-corrected chi connectivity index (χ1v) is 8.22. The van der Waals surface area contributed by atoms with Gasteiger partial charge in [0, 0.05) is 17.5 Å². The Hall–Kier alpha value is -2.81. The molecule has 0 atom stereocenters. The Morgan fingerprint density at radius 1 is 1.28 bits per heavy atom. The van der Waals surface area contributed by atoms with Gasteiger partial charge in [0.2, 0.25) is 5.43 Å². The molecule has 1 aromatic heterocycles. The monoisotopic (exact) mass is 337 g/mol. The molecule has 3 nitrogen and oxygen atoms in total. The van der Waals surface area contributed by atoms with E-state index in [-0.39, 0.29) is 11.7 Å². The van der Waals surface area contributed by atoms with E-state index in [1.165, 1.54) is 12.3 Å². The molecule has 0 saturated heterocycles. The van der Waals surface area contributed by atoms with Crippen molar-refractivity contribution in [2.75, 3.05) is 0 Å². The van der Waals surface area contributed by atoms with Crippen LogP contribution in [-0.4, -0.2) is 9.67 Å². The van der Waals surface area contributed by atoms with Gasteiger partial charge < -0.3 is 9.67 Å². The molecule has 0 unspecified atom stereocenters. The molecule has 0 spiro atoms. The number of nitrogens with zero attached hydrogens (tertiary/aromatic N) is 1. The maximum Gasteiger partial charge on any atom is 0.223 e. The van der Waals surface area contributed by atoms with Gasteiger partial charge in [-0.15, -0.1) is 0 Å². The van der Waals surface area contributed by atoms with Crippen LogP contribution < -0.4 is 5.43 Å². The van der Waals surface area contributed by atoms with Gasteiger partial charge in [0.15, 0.2) is 5.75 Å². The number of allylic oxidation sites excluding steroid dienone is 9. The predicted molar refractivity (Wildman–Crippen MR) is 108 cm³/mol. The van der Waals surface area contributed by atoms with E-state index in [1.54, 1.807) is 16.7 Å². The molecule has 0 aliphatic carbocycles. The SMILES string of the molecule is C=CC(=C\C(=C)n1cc(O)c(=O)cc1C(C)C)/C(C=C)=C(C)/C=C\C. The van der Waals surface area contributed by atoms with Crippen molar-refractivity contribution in [2.24, 2.45) is 0 Å². The summed E-state index contributed by atoms with van der Waals surface area (Å²) in [4.78, 5) is 11.8. The maximum atomic E-state index is 11.8. The van der Waals surface area contributed by atoms with Crippen molar-refractivity contribution in [1.29, 1.82) is 0 Å². The third-order valence-electron chi connectivity index (χ3n) is 3.86. The summed E-state index contributed by atoms with van der Waals surface area (Å²) in [7, 11) is 0. The Morgan fingerprint density at radius 3 is 2.40 bits per heavy atom. The molecule has 1 rings (SSSR count). The lowest BCUT2D eigenvalue weighted by Gasteiger charge is -2.17. The standard InChI is InChI=1S/C22H27NO2/c1-8-11-16(6)19(10-3)18(9-2)12-17(7)23-14-22(25)21(24)13-20(23)15(4)5/h8-15,25H,2-3,7H2,1,4-6H3/b11-8-,18-12+,19-16+. The zero-order chi connectivity index (χ0) is 19.1. The van der Waals surface area contributed by atoms with E-state index in [0.29, 0.717) is 5.70 Å². The predicted octanol–water partition coefficient (Wildman–Crippen LogP) is 5.34. The van der Waals surface area contributed by atoms with Crippen LogP contribution in [0.25, 0.3) is 5.70 Å². The number of hydrogen-bond donors (Lipinski definition) is 1. The smallest absolute Gasteiger partial charge is 0.223 e. The molecule has 25 heavy (non-hydrogen) atoms. The molecule has 0 saturated carbocycles. The average molecular weight is 337 g/mol. The number of aromatic hydroxyl groups is 1. The van der Waals surface area contributed by atoms with Gasteiger partial charge in [-0.1, -0.05) is 57.9 Å². The Balaban J connectivity index is 3.54. The largest absolute Gasteiger partial charge is 0.503 e. The minimum atomic E-state index is -0.392. The highest BCUT2D eigenvalue weighted by atomic mass is 16.3. The number of pyridine rings is 1. The van der Waals surface area contributed by atoms with Crippen LogP contribution in [0.4, 0.5) is 0 Å². The van der Waals surface area contributed by atoms with E-state index < -0.39 is 5.43 Å². The van der Waals surface area contributed by atoms with Gasteiger partial charge in [0.1, 0.15) is 0 Å². The van der Waals surface area contributed by atoms with Crippen molar-refractivity contribution < 1.29 is 5.11 Å².